The quantitative estimate of drug-likeness (QED) is 0.569. The Kier molecular flexibility index (Phi) is 8.28. The molecule has 33 heavy (non-hydrogen) atoms. The Balaban J connectivity index is 1.26. The van der Waals surface area contributed by atoms with E-state index in [2.05, 4.69) is 69.6 Å². The minimum atomic E-state index is -0.0495. The second kappa shape index (κ2) is 11.4. The first-order chi connectivity index (χ1) is 16.0. The van der Waals surface area contributed by atoms with Crippen LogP contribution < -0.4 is 16.0 Å². The number of carbonyl (C=O) groups is 1. The van der Waals surface area contributed by atoms with Crippen LogP contribution in [0.2, 0.25) is 0 Å². The van der Waals surface area contributed by atoms with Gasteiger partial charge < -0.3 is 16.0 Å². The van der Waals surface area contributed by atoms with E-state index in [-0.39, 0.29) is 12.1 Å². The van der Waals surface area contributed by atoms with Crippen LogP contribution in [0.5, 0.6) is 0 Å². The summed E-state index contributed by atoms with van der Waals surface area (Å²) in [5.74, 6) is -0.0495. The number of piperidine rings is 1. The molecule has 182 valence electrons. The van der Waals surface area contributed by atoms with E-state index in [1.54, 1.807) is 0 Å². The average molecular weight is 455 g/mol. The number of rotatable bonds is 6. The van der Waals surface area contributed by atoms with E-state index in [4.69, 9.17) is 0 Å². The number of allylic oxidation sites excluding steroid dienone is 2. The number of dihydropyridines is 2. The highest BCUT2D eigenvalue weighted by atomic mass is 16.2. The maximum absolute atomic E-state index is 12.7. The van der Waals surface area contributed by atoms with E-state index in [1.807, 2.05) is 18.4 Å². The lowest BCUT2D eigenvalue weighted by molar-refractivity contribution is -0.117. The Morgan fingerprint density at radius 2 is 2.00 bits per heavy atom. The van der Waals surface area contributed by atoms with E-state index in [0.717, 1.165) is 31.8 Å². The van der Waals surface area contributed by atoms with Gasteiger partial charge in [0, 0.05) is 63.6 Å². The lowest BCUT2D eigenvalue weighted by Crippen LogP contribution is -2.52. The first kappa shape index (κ1) is 24.0. The van der Waals surface area contributed by atoms with Crippen molar-refractivity contribution in [1.82, 2.24) is 30.7 Å². The van der Waals surface area contributed by atoms with Gasteiger partial charge in [-0.2, -0.15) is 0 Å². The number of carbonyl (C=O) groups excluding carboxylic acids is 1. The number of hydrogen-bond acceptors (Lipinski definition) is 6. The number of hydrogen-bond donors (Lipinski definition) is 3. The van der Waals surface area contributed by atoms with Crippen LogP contribution in [0.1, 0.15) is 40.0 Å². The van der Waals surface area contributed by atoms with Crippen molar-refractivity contribution < 1.29 is 4.79 Å². The van der Waals surface area contributed by atoms with E-state index >= 15 is 0 Å². The molecule has 0 saturated carbocycles. The third-order valence-corrected chi connectivity index (χ3v) is 7.45. The fraction of sp³-hybridized carbons (Fsp3) is 0.654. The molecule has 0 aromatic rings. The van der Waals surface area contributed by atoms with Gasteiger partial charge in [-0.25, -0.2) is 0 Å². The minimum absolute atomic E-state index is 0.0495. The molecule has 3 atom stereocenters. The molecule has 1 amide bonds. The van der Waals surface area contributed by atoms with Crippen LogP contribution in [0.4, 0.5) is 0 Å². The zero-order valence-corrected chi connectivity index (χ0v) is 20.6. The van der Waals surface area contributed by atoms with Gasteiger partial charge in [-0.1, -0.05) is 18.2 Å². The molecule has 0 aliphatic carbocycles. The molecule has 2 fully saturated rings. The van der Waals surface area contributed by atoms with Gasteiger partial charge >= 0.3 is 0 Å². The Morgan fingerprint density at radius 3 is 2.76 bits per heavy atom. The summed E-state index contributed by atoms with van der Waals surface area (Å²) in [6, 6.07) is 1.99. The maximum Gasteiger partial charge on any atom is 0.267 e. The van der Waals surface area contributed by atoms with E-state index < -0.39 is 0 Å². The molecule has 4 aliphatic heterocycles. The van der Waals surface area contributed by atoms with Crippen LogP contribution in [-0.4, -0.2) is 90.7 Å². The predicted molar refractivity (Wildman–Crippen MR) is 134 cm³/mol. The summed E-state index contributed by atoms with van der Waals surface area (Å²) in [5, 5.41) is 9.67. The van der Waals surface area contributed by atoms with Gasteiger partial charge in [0.1, 0.15) is 5.70 Å². The third-order valence-electron chi connectivity index (χ3n) is 7.45. The van der Waals surface area contributed by atoms with Crippen molar-refractivity contribution in [3.63, 3.8) is 0 Å². The lowest BCUT2D eigenvalue weighted by Gasteiger charge is -2.44. The summed E-state index contributed by atoms with van der Waals surface area (Å²) in [6.45, 7) is 14.0. The highest BCUT2D eigenvalue weighted by Gasteiger charge is 2.32. The lowest BCUT2D eigenvalue weighted by atomic mass is 9.95. The Morgan fingerprint density at radius 1 is 1.18 bits per heavy atom. The number of likely N-dealkylation sites (tertiary alicyclic amines) is 1. The van der Waals surface area contributed by atoms with Gasteiger partial charge in [0.25, 0.3) is 5.91 Å². The molecule has 3 unspecified atom stereocenters. The van der Waals surface area contributed by atoms with Crippen molar-refractivity contribution in [1.29, 1.82) is 0 Å². The summed E-state index contributed by atoms with van der Waals surface area (Å²) >= 11 is 0. The van der Waals surface area contributed by atoms with Crippen molar-refractivity contribution >= 4 is 5.91 Å². The summed E-state index contributed by atoms with van der Waals surface area (Å²) in [7, 11) is 0. The van der Waals surface area contributed by atoms with E-state index in [1.165, 1.54) is 32.4 Å². The molecular formula is C26H42N6O. The highest BCUT2D eigenvalue weighted by Crippen LogP contribution is 2.25. The second-order valence-corrected chi connectivity index (χ2v) is 10.1. The predicted octanol–water partition coefficient (Wildman–Crippen LogP) is 1.78. The molecule has 0 aromatic carbocycles. The fourth-order valence-corrected chi connectivity index (χ4v) is 5.64. The summed E-state index contributed by atoms with van der Waals surface area (Å²) in [5.41, 5.74) is 1.73. The number of nitrogens with zero attached hydrogens (tertiary/aromatic N) is 3. The smallest absolute Gasteiger partial charge is 0.267 e. The van der Waals surface area contributed by atoms with Gasteiger partial charge in [0.2, 0.25) is 0 Å². The molecular weight excluding hydrogens is 412 g/mol. The molecule has 4 heterocycles. The summed E-state index contributed by atoms with van der Waals surface area (Å²) in [4.78, 5) is 20.6. The van der Waals surface area contributed by atoms with Crippen molar-refractivity contribution in [3.8, 4) is 0 Å². The molecule has 7 heteroatoms. The van der Waals surface area contributed by atoms with Crippen LogP contribution >= 0.6 is 0 Å². The van der Waals surface area contributed by atoms with Crippen LogP contribution in [-0.2, 0) is 4.79 Å². The van der Waals surface area contributed by atoms with Gasteiger partial charge in [0.15, 0.2) is 0 Å². The maximum atomic E-state index is 12.7. The Bertz CT molecular complexity index is 801. The summed E-state index contributed by atoms with van der Waals surface area (Å²) < 4.78 is 0. The van der Waals surface area contributed by atoms with Crippen molar-refractivity contribution in [3.05, 3.63) is 47.9 Å². The number of nitrogens with one attached hydrogen (secondary N) is 3. The SMILES string of the molecule is CC(C)N1CCC(N2CCCN(C3C=CC=C(C(=O)NCC4=CNCC=C4)N3)CC2)CC1C. The molecule has 2 saturated heterocycles. The van der Waals surface area contributed by atoms with Gasteiger partial charge in [-0.15, -0.1) is 0 Å². The Hall–Kier alpha value is -2.09. The number of amides is 1. The first-order valence-corrected chi connectivity index (χ1v) is 12.8. The van der Waals surface area contributed by atoms with Crippen molar-refractivity contribution in [2.45, 2.75) is 64.3 Å². The molecule has 7 nitrogen and oxygen atoms in total. The molecule has 4 aliphatic rings. The highest BCUT2D eigenvalue weighted by molar-refractivity contribution is 5.93. The molecule has 4 rings (SSSR count). The zero-order valence-electron chi connectivity index (χ0n) is 20.6. The first-order valence-electron chi connectivity index (χ1n) is 12.8. The fourth-order valence-electron chi connectivity index (χ4n) is 5.64. The van der Waals surface area contributed by atoms with Crippen LogP contribution in [0.3, 0.4) is 0 Å². The monoisotopic (exact) mass is 454 g/mol. The largest absolute Gasteiger partial charge is 0.387 e. The summed E-state index contributed by atoms with van der Waals surface area (Å²) in [6.07, 6.45) is 15.9. The molecule has 0 bridgehead atoms. The molecule has 0 spiro atoms. The van der Waals surface area contributed by atoms with Gasteiger partial charge in [0.05, 0.1) is 6.17 Å². The molecule has 0 radical (unpaired) electrons. The van der Waals surface area contributed by atoms with Crippen LogP contribution in [0.15, 0.2) is 47.9 Å². The normalized spacial score (nSPS) is 29.6. The topological polar surface area (TPSA) is 62.9 Å². The minimum Gasteiger partial charge on any atom is -0.387 e. The van der Waals surface area contributed by atoms with Gasteiger partial charge in [-0.3, -0.25) is 19.5 Å². The van der Waals surface area contributed by atoms with Crippen molar-refractivity contribution in [2.75, 3.05) is 45.8 Å². The molecule has 3 N–H and O–H groups in total. The standard InChI is InChI=1S/C26H42N6O/c1-20(2)32-14-10-23(17-21(32)3)30-12-6-13-31(16-15-30)25-9-4-8-24(29-25)26(33)28-19-22-7-5-11-27-18-22/h4-5,7-9,18,20-21,23,25,27,29H,6,10-17,19H2,1-3H3,(H,28,33). The van der Waals surface area contributed by atoms with E-state index in [0.29, 0.717) is 30.4 Å². The van der Waals surface area contributed by atoms with Crippen molar-refractivity contribution in [2.24, 2.45) is 0 Å². The zero-order chi connectivity index (χ0) is 23.2. The van der Waals surface area contributed by atoms with E-state index in [9.17, 15) is 4.79 Å². The second-order valence-electron chi connectivity index (χ2n) is 10.1. The molecule has 0 aromatic heterocycles. The van der Waals surface area contributed by atoms with Gasteiger partial charge in [-0.05, 0) is 64.3 Å². The van der Waals surface area contributed by atoms with Crippen LogP contribution in [0, 0.1) is 0 Å². The Labute approximate surface area is 199 Å². The average Bonchev–Trinajstić information content (AvgIpc) is 3.09. The third kappa shape index (κ3) is 6.28. The van der Waals surface area contributed by atoms with Crippen LogP contribution in [0.25, 0.3) is 0 Å².